The highest BCUT2D eigenvalue weighted by Crippen LogP contribution is 1.95. The topological polar surface area (TPSA) is 79.8 Å². The molecular weight excluding hydrogens is 278 g/mol. The molecule has 0 aromatic carbocycles. The summed E-state index contributed by atoms with van der Waals surface area (Å²) in [6.07, 6.45) is 2.97. The van der Waals surface area contributed by atoms with Crippen molar-refractivity contribution < 1.29 is 13.2 Å². The van der Waals surface area contributed by atoms with Gasteiger partial charge in [0.1, 0.15) is 9.84 Å². The number of hydrogen-bond donors (Lipinski definition) is 2. The number of ether oxygens (including phenoxy) is 1. The van der Waals surface area contributed by atoms with Crippen LogP contribution in [-0.2, 0) is 14.6 Å². The van der Waals surface area contributed by atoms with Gasteiger partial charge in [0.15, 0.2) is 5.96 Å². The summed E-state index contributed by atoms with van der Waals surface area (Å²) in [6, 6.07) is 0.0582. The highest BCUT2D eigenvalue weighted by Gasteiger charge is 2.09. The minimum atomic E-state index is -2.91. The lowest BCUT2D eigenvalue weighted by atomic mass is 10.3. The third-order valence-corrected chi connectivity index (χ3v) is 3.57. The van der Waals surface area contributed by atoms with Crippen molar-refractivity contribution in [3.8, 4) is 0 Å². The molecule has 0 aliphatic rings. The Morgan fingerprint density at radius 2 is 1.95 bits per heavy atom. The molecule has 0 saturated carbocycles. The smallest absolute Gasteiger partial charge is 0.191 e. The predicted octanol–water partition coefficient (Wildman–Crippen LogP) is 0.790. The molecule has 0 spiro atoms. The van der Waals surface area contributed by atoms with Crippen molar-refractivity contribution in [3.63, 3.8) is 0 Å². The van der Waals surface area contributed by atoms with E-state index in [2.05, 4.69) is 15.6 Å². The van der Waals surface area contributed by atoms with E-state index in [0.717, 1.165) is 13.0 Å². The Morgan fingerprint density at radius 1 is 1.30 bits per heavy atom. The maximum absolute atomic E-state index is 11.1. The molecule has 0 amide bonds. The lowest BCUT2D eigenvalue weighted by molar-refractivity contribution is 0.0776. The Hall–Kier alpha value is -0.820. The Labute approximate surface area is 123 Å². The first kappa shape index (κ1) is 19.2. The molecule has 0 fully saturated rings. The molecule has 6 nitrogen and oxygen atoms in total. The largest absolute Gasteiger partial charge is 0.379 e. The second-order valence-electron chi connectivity index (χ2n) is 5.24. The molecule has 0 saturated heterocycles. The van der Waals surface area contributed by atoms with Crippen molar-refractivity contribution in [2.45, 2.75) is 45.8 Å². The van der Waals surface area contributed by atoms with Gasteiger partial charge in [0.05, 0.1) is 11.9 Å². The fourth-order valence-corrected chi connectivity index (χ4v) is 2.27. The van der Waals surface area contributed by atoms with Crippen LogP contribution in [0.1, 0.15) is 33.6 Å². The summed E-state index contributed by atoms with van der Waals surface area (Å²) in [6.45, 7) is 7.45. The van der Waals surface area contributed by atoms with Crippen LogP contribution in [0.5, 0.6) is 0 Å². The molecule has 2 N–H and O–H groups in total. The van der Waals surface area contributed by atoms with Gasteiger partial charge in [-0.3, -0.25) is 4.99 Å². The number of guanidine groups is 1. The molecule has 0 aromatic rings. The van der Waals surface area contributed by atoms with Gasteiger partial charge in [-0.15, -0.1) is 0 Å². The molecule has 0 aromatic heterocycles. The van der Waals surface area contributed by atoms with Crippen molar-refractivity contribution in [2.75, 3.05) is 32.2 Å². The van der Waals surface area contributed by atoms with Crippen molar-refractivity contribution in [3.05, 3.63) is 0 Å². The molecular formula is C13H29N3O3S. The number of aliphatic imine (C=N–C) groups is 1. The minimum Gasteiger partial charge on any atom is -0.379 e. The SMILES string of the molecule is CN=C(NCCCOC(C)C)NC(C)CCS(C)(=O)=O. The van der Waals surface area contributed by atoms with Gasteiger partial charge in [0.25, 0.3) is 0 Å². The molecule has 0 bridgehead atoms. The molecule has 20 heavy (non-hydrogen) atoms. The summed E-state index contributed by atoms with van der Waals surface area (Å²) in [5.41, 5.74) is 0. The summed E-state index contributed by atoms with van der Waals surface area (Å²) < 4.78 is 27.7. The number of hydrogen-bond acceptors (Lipinski definition) is 4. The molecule has 0 radical (unpaired) electrons. The van der Waals surface area contributed by atoms with Gasteiger partial charge >= 0.3 is 0 Å². The van der Waals surface area contributed by atoms with E-state index in [9.17, 15) is 8.42 Å². The quantitative estimate of drug-likeness (QED) is 0.374. The van der Waals surface area contributed by atoms with E-state index in [4.69, 9.17) is 4.74 Å². The minimum absolute atomic E-state index is 0.0582. The summed E-state index contributed by atoms with van der Waals surface area (Å²) >= 11 is 0. The maximum atomic E-state index is 11.1. The highest BCUT2D eigenvalue weighted by atomic mass is 32.2. The Bertz CT molecular complexity index is 380. The zero-order chi connectivity index (χ0) is 15.6. The second-order valence-corrected chi connectivity index (χ2v) is 7.50. The van der Waals surface area contributed by atoms with Crippen LogP contribution in [0.4, 0.5) is 0 Å². The Balaban J connectivity index is 3.86. The normalized spacial score (nSPS) is 14.4. The number of sulfone groups is 1. The number of rotatable bonds is 9. The monoisotopic (exact) mass is 307 g/mol. The van der Waals surface area contributed by atoms with Crippen LogP contribution in [0.15, 0.2) is 4.99 Å². The molecule has 120 valence electrons. The molecule has 0 rings (SSSR count). The van der Waals surface area contributed by atoms with Crippen LogP contribution >= 0.6 is 0 Å². The zero-order valence-corrected chi connectivity index (χ0v) is 14.1. The van der Waals surface area contributed by atoms with Crippen LogP contribution in [0.2, 0.25) is 0 Å². The third-order valence-electron chi connectivity index (χ3n) is 2.59. The van der Waals surface area contributed by atoms with Crippen LogP contribution in [-0.4, -0.2) is 58.7 Å². The fourth-order valence-electron chi connectivity index (χ4n) is 1.49. The predicted molar refractivity (Wildman–Crippen MR) is 84.0 cm³/mol. The molecule has 0 aliphatic carbocycles. The van der Waals surface area contributed by atoms with E-state index in [1.54, 1.807) is 7.05 Å². The van der Waals surface area contributed by atoms with Gasteiger partial charge in [-0.1, -0.05) is 0 Å². The van der Waals surface area contributed by atoms with E-state index in [-0.39, 0.29) is 17.9 Å². The van der Waals surface area contributed by atoms with Crippen molar-refractivity contribution in [2.24, 2.45) is 4.99 Å². The Kier molecular flexibility index (Phi) is 9.58. The van der Waals surface area contributed by atoms with Gasteiger partial charge in [0, 0.05) is 32.5 Å². The van der Waals surface area contributed by atoms with E-state index < -0.39 is 9.84 Å². The highest BCUT2D eigenvalue weighted by molar-refractivity contribution is 7.90. The first-order valence-corrected chi connectivity index (χ1v) is 9.07. The standard InChI is InChI=1S/C13H29N3O3S/c1-11(2)19-9-6-8-15-13(14-4)16-12(3)7-10-20(5,17)18/h11-12H,6-10H2,1-5H3,(H2,14,15,16). The first-order valence-electron chi connectivity index (χ1n) is 7.01. The molecule has 1 unspecified atom stereocenters. The van der Waals surface area contributed by atoms with E-state index >= 15 is 0 Å². The second kappa shape index (κ2) is 9.99. The summed E-state index contributed by atoms with van der Waals surface area (Å²) in [5.74, 6) is 0.871. The summed E-state index contributed by atoms with van der Waals surface area (Å²) in [5, 5.41) is 6.35. The molecule has 1 atom stereocenters. The van der Waals surface area contributed by atoms with Crippen molar-refractivity contribution >= 4 is 15.8 Å². The molecule has 0 aliphatic heterocycles. The van der Waals surface area contributed by atoms with Gasteiger partial charge < -0.3 is 15.4 Å². The summed E-state index contributed by atoms with van der Waals surface area (Å²) in [7, 11) is -1.21. The number of nitrogens with one attached hydrogen (secondary N) is 2. The average Bonchev–Trinajstić information content (AvgIpc) is 2.33. The van der Waals surface area contributed by atoms with E-state index in [1.165, 1.54) is 6.26 Å². The zero-order valence-electron chi connectivity index (χ0n) is 13.3. The van der Waals surface area contributed by atoms with Crippen molar-refractivity contribution in [1.29, 1.82) is 0 Å². The fraction of sp³-hybridized carbons (Fsp3) is 0.923. The average molecular weight is 307 g/mol. The van der Waals surface area contributed by atoms with E-state index in [1.807, 2.05) is 20.8 Å². The molecule has 7 heteroatoms. The van der Waals surface area contributed by atoms with Crippen LogP contribution in [0.3, 0.4) is 0 Å². The number of nitrogens with zero attached hydrogens (tertiary/aromatic N) is 1. The van der Waals surface area contributed by atoms with Gasteiger partial charge in [0.2, 0.25) is 0 Å². The van der Waals surface area contributed by atoms with Crippen molar-refractivity contribution in [1.82, 2.24) is 10.6 Å². The lowest BCUT2D eigenvalue weighted by Crippen LogP contribution is -2.43. The van der Waals surface area contributed by atoms with Gasteiger partial charge in [-0.05, 0) is 33.6 Å². The van der Waals surface area contributed by atoms with Gasteiger partial charge in [-0.2, -0.15) is 0 Å². The third kappa shape index (κ3) is 12.2. The first-order chi connectivity index (χ1) is 9.24. The Morgan fingerprint density at radius 3 is 2.45 bits per heavy atom. The maximum Gasteiger partial charge on any atom is 0.191 e. The lowest BCUT2D eigenvalue weighted by Gasteiger charge is -2.17. The van der Waals surface area contributed by atoms with Crippen LogP contribution in [0.25, 0.3) is 0 Å². The van der Waals surface area contributed by atoms with E-state index in [0.29, 0.717) is 19.0 Å². The van der Waals surface area contributed by atoms with Gasteiger partial charge in [-0.25, -0.2) is 8.42 Å². The summed E-state index contributed by atoms with van der Waals surface area (Å²) in [4.78, 5) is 4.11. The van der Waals surface area contributed by atoms with Crippen LogP contribution < -0.4 is 10.6 Å². The van der Waals surface area contributed by atoms with Crippen LogP contribution in [0, 0.1) is 0 Å². The molecule has 0 heterocycles.